The van der Waals surface area contributed by atoms with Crippen LogP contribution in [0.25, 0.3) is 0 Å². The largest absolute Gasteiger partial charge is 0.393 e. The SMILES string of the molecule is C[C@]12C=CC(=O)C=C1CCC1C2C(O)C[C@@]2(C)C1CC(O)[C@]2(O)C(=O)CO. The summed E-state index contributed by atoms with van der Waals surface area (Å²) in [4.78, 5) is 24.2. The molecule has 0 bridgehead atoms. The number of ketones is 2. The fourth-order valence-electron chi connectivity index (χ4n) is 6.96. The van der Waals surface area contributed by atoms with Crippen LogP contribution in [0.15, 0.2) is 23.8 Å². The van der Waals surface area contributed by atoms with Crippen LogP contribution in [0.5, 0.6) is 0 Å². The number of carbonyl (C=O) groups excluding carboxylic acids is 2. The summed E-state index contributed by atoms with van der Waals surface area (Å²) < 4.78 is 0. The summed E-state index contributed by atoms with van der Waals surface area (Å²) in [7, 11) is 0. The molecule has 0 spiro atoms. The molecule has 0 saturated heterocycles. The molecule has 0 aromatic rings. The monoisotopic (exact) mass is 376 g/mol. The fourth-order valence-corrected chi connectivity index (χ4v) is 6.96. The van der Waals surface area contributed by atoms with Crippen LogP contribution in [0.2, 0.25) is 0 Å². The third kappa shape index (κ3) is 2.21. The zero-order valence-electron chi connectivity index (χ0n) is 15.8. The molecule has 0 radical (unpaired) electrons. The molecule has 4 rings (SSSR count). The van der Waals surface area contributed by atoms with Crippen LogP contribution >= 0.6 is 0 Å². The van der Waals surface area contributed by atoms with E-state index in [-0.39, 0.29) is 36.4 Å². The van der Waals surface area contributed by atoms with Crippen LogP contribution in [0, 0.1) is 28.6 Å². The minimum absolute atomic E-state index is 0.00826. The Morgan fingerprint density at radius 3 is 2.67 bits per heavy atom. The number of aliphatic hydroxyl groups is 4. The van der Waals surface area contributed by atoms with Crippen molar-refractivity contribution in [3.05, 3.63) is 23.8 Å². The van der Waals surface area contributed by atoms with E-state index < -0.39 is 41.0 Å². The highest BCUT2D eigenvalue weighted by Crippen LogP contribution is 2.67. The number of aliphatic hydroxyl groups excluding tert-OH is 3. The maximum absolute atomic E-state index is 12.4. The summed E-state index contributed by atoms with van der Waals surface area (Å²) in [6.07, 6.45) is 4.97. The third-order valence-corrected chi connectivity index (χ3v) is 8.28. The van der Waals surface area contributed by atoms with Crippen LogP contribution in [0.1, 0.15) is 39.5 Å². The van der Waals surface area contributed by atoms with Gasteiger partial charge >= 0.3 is 0 Å². The standard InChI is InChI=1S/C21H28O6/c1-19-6-5-12(23)7-11(19)3-4-13-14-8-16(25)21(27,17(26)10-22)20(14,2)9-15(24)18(13)19/h5-7,13-16,18,22,24-25,27H,3-4,8-10H2,1-2H3/t13?,14?,15?,16?,18?,19-,20-,21-/m0/s1. The lowest BCUT2D eigenvalue weighted by molar-refractivity contribution is -0.190. The number of allylic oxidation sites excluding steroid dienone is 4. The Balaban J connectivity index is 1.78. The van der Waals surface area contributed by atoms with Gasteiger partial charge in [0.25, 0.3) is 0 Å². The zero-order chi connectivity index (χ0) is 19.8. The van der Waals surface area contributed by atoms with Gasteiger partial charge in [0.1, 0.15) is 6.61 Å². The molecule has 0 heterocycles. The summed E-state index contributed by atoms with van der Waals surface area (Å²) in [5.74, 6) is -1.09. The first-order chi connectivity index (χ1) is 12.6. The second kappa shape index (κ2) is 5.83. The van der Waals surface area contributed by atoms with Gasteiger partial charge in [0, 0.05) is 16.7 Å². The van der Waals surface area contributed by atoms with Crippen molar-refractivity contribution in [3.63, 3.8) is 0 Å². The smallest absolute Gasteiger partial charge is 0.192 e. The Bertz CT molecular complexity index is 756. The maximum Gasteiger partial charge on any atom is 0.192 e. The van der Waals surface area contributed by atoms with Crippen molar-refractivity contribution in [1.82, 2.24) is 0 Å². The summed E-state index contributed by atoms with van der Waals surface area (Å²) in [6.45, 7) is 2.96. The van der Waals surface area contributed by atoms with E-state index in [1.807, 2.05) is 13.0 Å². The second-order valence-corrected chi connectivity index (χ2v) is 9.31. The maximum atomic E-state index is 12.4. The van der Waals surface area contributed by atoms with E-state index in [9.17, 15) is 30.0 Å². The molecule has 8 atom stereocenters. The average Bonchev–Trinajstić information content (AvgIpc) is 2.82. The highest BCUT2D eigenvalue weighted by Gasteiger charge is 2.71. The molecule has 4 aliphatic carbocycles. The van der Waals surface area contributed by atoms with E-state index in [0.29, 0.717) is 0 Å². The van der Waals surface area contributed by atoms with Gasteiger partial charge in [0.05, 0.1) is 12.2 Å². The molecule has 27 heavy (non-hydrogen) atoms. The van der Waals surface area contributed by atoms with E-state index in [0.717, 1.165) is 18.4 Å². The lowest BCUT2D eigenvalue weighted by Gasteiger charge is -2.59. The normalized spacial score (nSPS) is 51.3. The summed E-state index contributed by atoms with van der Waals surface area (Å²) in [5, 5.41) is 42.3. The first kappa shape index (κ1) is 19.0. The van der Waals surface area contributed by atoms with E-state index in [1.165, 1.54) is 0 Å². The van der Waals surface area contributed by atoms with Crippen LogP contribution in [-0.4, -0.2) is 56.4 Å². The molecule has 5 unspecified atom stereocenters. The summed E-state index contributed by atoms with van der Waals surface area (Å²) in [6, 6.07) is 0. The first-order valence-electron chi connectivity index (χ1n) is 9.76. The highest BCUT2D eigenvalue weighted by molar-refractivity contribution is 6.01. The van der Waals surface area contributed by atoms with E-state index >= 15 is 0 Å². The second-order valence-electron chi connectivity index (χ2n) is 9.31. The van der Waals surface area contributed by atoms with Gasteiger partial charge in [0.15, 0.2) is 17.2 Å². The average molecular weight is 376 g/mol. The fraction of sp³-hybridized carbons (Fsp3) is 0.714. The van der Waals surface area contributed by atoms with Gasteiger partial charge in [0.2, 0.25) is 0 Å². The summed E-state index contributed by atoms with van der Waals surface area (Å²) >= 11 is 0. The molecule has 0 aliphatic heterocycles. The molecule has 0 amide bonds. The molecular weight excluding hydrogens is 348 g/mol. The quantitative estimate of drug-likeness (QED) is 0.559. The Morgan fingerprint density at radius 2 is 2.00 bits per heavy atom. The number of fused-ring (bicyclic) bond motifs is 5. The Kier molecular flexibility index (Phi) is 4.10. The lowest BCUT2D eigenvalue weighted by Crippen LogP contribution is -2.63. The van der Waals surface area contributed by atoms with Gasteiger partial charge in [-0.25, -0.2) is 0 Å². The molecule has 4 N–H and O–H groups in total. The van der Waals surface area contributed by atoms with Crippen molar-refractivity contribution in [2.75, 3.05) is 6.61 Å². The number of rotatable bonds is 2. The molecule has 148 valence electrons. The predicted octanol–water partition coefficient (Wildman–Crippen LogP) is 0.528. The number of Topliss-reactive ketones (excluding diaryl/α,β-unsaturated/α-hetero) is 1. The zero-order valence-corrected chi connectivity index (χ0v) is 15.8. The molecule has 3 fully saturated rings. The van der Waals surface area contributed by atoms with E-state index in [4.69, 9.17) is 0 Å². The van der Waals surface area contributed by atoms with Crippen molar-refractivity contribution >= 4 is 11.6 Å². The Labute approximate surface area is 158 Å². The number of hydrogen-bond donors (Lipinski definition) is 4. The summed E-state index contributed by atoms with van der Waals surface area (Å²) in [5.41, 5.74) is -2.46. The van der Waals surface area contributed by atoms with Crippen LogP contribution in [0.4, 0.5) is 0 Å². The van der Waals surface area contributed by atoms with Crippen LogP contribution in [0.3, 0.4) is 0 Å². The highest BCUT2D eigenvalue weighted by atomic mass is 16.4. The Morgan fingerprint density at radius 1 is 1.30 bits per heavy atom. The van der Waals surface area contributed by atoms with Crippen LogP contribution < -0.4 is 0 Å². The van der Waals surface area contributed by atoms with E-state index in [1.54, 1.807) is 19.1 Å². The molecule has 0 aromatic heterocycles. The molecule has 6 heteroatoms. The van der Waals surface area contributed by atoms with Gasteiger partial charge in [-0.15, -0.1) is 0 Å². The van der Waals surface area contributed by atoms with Gasteiger partial charge in [-0.05, 0) is 49.7 Å². The van der Waals surface area contributed by atoms with Crippen molar-refractivity contribution in [3.8, 4) is 0 Å². The topological polar surface area (TPSA) is 115 Å². The minimum Gasteiger partial charge on any atom is -0.393 e. The van der Waals surface area contributed by atoms with Crippen molar-refractivity contribution in [2.24, 2.45) is 28.6 Å². The van der Waals surface area contributed by atoms with Gasteiger partial charge in [-0.1, -0.05) is 25.5 Å². The Hall–Kier alpha value is -1.34. The number of carbonyl (C=O) groups is 2. The molecule has 6 nitrogen and oxygen atoms in total. The van der Waals surface area contributed by atoms with Gasteiger partial charge in [-0.2, -0.15) is 0 Å². The van der Waals surface area contributed by atoms with Crippen molar-refractivity contribution < 1.29 is 30.0 Å². The molecule has 3 saturated carbocycles. The van der Waals surface area contributed by atoms with E-state index in [2.05, 4.69) is 0 Å². The molecule has 0 aromatic carbocycles. The predicted molar refractivity (Wildman–Crippen MR) is 96.4 cm³/mol. The molecule has 4 aliphatic rings. The minimum atomic E-state index is -2.05. The van der Waals surface area contributed by atoms with Crippen molar-refractivity contribution in [2.45, 2.75) is 57.3 Å². The molecular formula is C21H28O6. The number of hydrogen-bond acceptors (Lipinski definition) is 6. The van der Waals surface area contributed by atoms with Crippen molar-refractivity contribution in [1.29, 1.82) is 0 Å². The van der Waals surface area contributed by atoms with Gasteiger partial charge in [-0.3, -0.25) is 9.59 Å². The lowest BCUT2D eigenvalue weighted by atomic mass is 9.46. The van der Waals surface area contributed by atoms with Crippen LogP contribution in [-0.2, 0) is 9.59 Å². The first-order valence-corrected chi connectivity index (χ1v) is 9.76. The van der Waals surface area contributed by atoms with Gasteiger partial charge < -0.3 is 20.4 Å². The third-order valence-electron chi connectivity index (χ3n) is 8.28.